The molecule has 7 heteroatoms. The van der Waals surface area contributed by atoms with Gasteiger partial charge in [0.15, 0.2) is 0 Å². The number of amides is 1. The number of anilines is 2. The number of carbonyl (C=O) groups excluding carboxylic acids is 1. The minimum Gasteiger partial charge on any atom is -0.378 e. The molecule has 0 saturated carbocycles. The molecule has 1 aliphatic rings. The lowest BCUT2D eigenvalue weighted by atomic mass is 10.1. The van der Waals surface area contributed by atoms with Crippen molar-refractivity contribution in [3.05, 3.63) is 64.2 Å². The SMILES string of the molecule is CN(C(=O)c1ccc([N+](=O)[O-])cc1)c1ccccc1N1CCOCC1. The number of benzene rings is 2. The number of nitro groups is 1. The molecule has 0 unspecified atom stereocenters. The predicted molar refractivity (Wildman–Crippen MR) is 95.3 cm³/mol. The summed E-state index contributed by atoms with van der Waals surface area (Å²) in [5.41, 5.74) is 2.15. The highest BCUT2D eigenvalue weighted by Gasteiger charge is 2.21. The molecule has 1 saturated heterocycles. The summed E-state index contributed by atoms with van der Waals surface area (Å²) in [7, 11) is 1.71. The third-order valence-electron chi connectivity index (χ3n) is 4.22. The van der Waals surface area contributed by atoms with Gasteiger partial charge in [0.1, 0.15) is 0 Å². The molecule has 25 heavy (non-hydrogen) atoms. The quantitative estimate of drug-likeness (QED) is 0.631. The van der Waals surface area contributed by atoms with Crippen LogP contribution in [0.4, 0.5) is 17.1 Å². The lowest BCUT2D eigenvalue weighted by molar-refractivity contribution is -0.384. The third-order valence-corrected chi connectivity index (χ3v) is 4.22. The van der Waals surface area contributed by atoms with Crippen LogP contribution in [0.15, 0.2) is 48.5 Å². The van der Waals surface area contributed by atoms with E-state index >= 15 is 0 Å². The molecule has 3 rings (SSSR count). The molecular formula is C18H19N3O4. The molecule has 0 aliphatic carbocycles. The second-order valence-electron chi connectivity index (χ2n) is 5.76. The van der Waals surface area contributed by atoms with Crippen LogP contribution in [0.5, 0.6) is 0 Å². The van der Waals surface area contributed by atoms with Crippen molar-refractivity contribution in [1.82, 2.24) is 0 Å². The number of nitrogens with zero attached hydrogens (tertiary/aromatic N) is 3. The predicted octanol–water partition coefficient (Wildman–Crippen LogP) is 2.71. The molecule has 2 aromatic carbocycles. The van der Waals surface area contributed by atoms with Gasteiger partial charge in [-0.1, -0.05) is 12.1 Å². The fraction of sp³-hybridized carbons (Fsp3) is 0.278. The molecule has 7 nitrogen and oxygen atoms in total. The maximum Gasteiger partial charge on any atom is 0.269 e. The molecule has 1 aliphatic heterocycles. The molecule has 130 valence electrons. The molecule has 1 heterocycles. The van der Waals surface area contributed by atoms with Crippen LogP contribution in [0.3, 0.4) is 0 Å². The first-order valence-corrected chi connectivity index (χ1v) is 8.02. The monoisotopic (exact) mass is 341 g/mol. The van der Waals surface area contributed by atoms with Gasteiger partial charge in [-0.3, -0.25) is 14.9 Å². The van der Waals surface area contributed by atoms with Crippen LogP contribution in [0.25, 0.3) is 0 Å². The van der Waals surface area contributed by atoms with Crippen molar-refractivity contribution < 1.29 is 14.5 Å². The highest BCUT2D eigenvalue weighted by atomic mass is 16.6. The summed E-state index contributed by atoms with van der Waals surface area (Å²) in [6, 6.07) is 13.4. The normalized spacial score (nSPS) is 14.2. The van der Waals surface area contributed by atoms with Crippen molar-refractivity contribution in [2.24, 2.45) is 0 Å². The molecule has 0 bridgehead atoms. The number of nitro benzene ring substituents is 1. The Morgan fingerprint density at radius 1 is 1.12 bits per heavy atom. The first kappa shape index (κ1) is 16.9. The summed E-state index contributed by atoms with van der Waals surface area (Å²) < 4.78 is 5.39. The van der Waals surface area contributed by atoms with E-state index in [4.69, 9.17) is 4.74 Å². The molecule has 1 amide bonds. The number of morpholine rings is 1. The van der Waals surface area contributed by atoms with Gasteiger partial charge in [-0.05, 0) is 24.3 Å². The van der Waals surface area contributed by atoms with Gasteiger partial charge in [0.2, 0.25) is 0 Å². The first-order chi connectivity index (χ1) is 12.1. The van der Waals surface area contributed by atoms with E-state index in [1.165, 1.54) is 24.3 Å². The maximum atomic E-state index is 12.8. The van der Waals surface area contributed by atoms with Gasteiger partial charge in [0.05, 0.1) is 29.5 Å². The largest absolute Gasteiger partial charge is 0.378 e. The minimum atomic E-state index is -0.480. The average molecular weight is 341 g/mol. The zero-order valence-corrected chi connectivity index (χ0v) is 13.9. The average Bonchev–Trinajstić information content (AvgIpc) is 2.67. The number of non-ortho nitro benzene ring substituents is 1. The number of hydrogen-bond acceptors (Lipinski definition) is 5. The Hall–Kier alpha value is -2.93. The second-order valence-corrected chi connectivity index (χ2v) is 5.76. The molecule has 2 aromatic rings. The number of hydrogen-bond donors (Lipinski definition) is 0. The lowest BCUT2D eigenvalue weighted by Crippen LogP contribution is -2.38. The Bertz CT molecular complexity index is 770. The van der Waals surface area contributed by atoms with E-state index in [2.05, 4.69) is 4.90 Å². The number of carbonyl (C=O) groups is 1. The van der Waals surface area contributed by atoms with Gasteiger partial charge < -0.3 is 14.5 Å². The van der Waals surface area contributed by atoms with Gasteiger partial charge >= 0.3 is 0 Å². The maximum absolute atomic E-state index is 12.8. The van der Waals surface area contributed by atoms with Crippen LogP contribution in [0.1, 0.15) is 10.4 Å². The Kier molecular flexibility index (Phi) is 4.95. The first-order valence-electron chi connectivity index (χ1n) is 8.02. The highest BCUT2D eigenvalue weighted by Crippen LogP contribution is 2.30. The number of rotatable bonds is 4. The molecule has 0 atom stereocenters. The second kappa shape index (κ2) is 7.31. The van der Waals surface area contributed by atoms with Crippen molar-refractivity contribution >= 4 is 23.0 Å². The Morgan fingerprint density at radius 2 is 1.76 bits per heavy atom. The van der Waals surface area contributed by atoms with Crippen LogP contribution in [-0.2, 0) is 4.74 Å². The summed E-state index contributed by atoms with van der Waals surface area (Å²) >= 11 is 0. The fourth-order valence-electron chi connectivity index (χ4n) is 2.85. The van der Waals surface area contributed by atoms with Gasteiger partial charge in [-0.15, -0.1) is 0 Å². The standard InChI is InChI=1S/C18H19N3O4/c1-19(18(22)14-6-8-15(9-7-14)21(23)24)16-4-2-3-5-17(16)20-10-12-25-13-11-20/h2-9H,10-13H2,1H3. The Morgan fingerprint density at radius 3 is 2.40 bits per heavy atom. The van der Waals surface area contributed by atoms with Crippen molar-refractivity contribution in [1.29, 1.82) is 0 Å². The lowest BCUT2D eigenvalue weighted by Gasteiger charge is -2.32. The van der Waals surface area contributed by atoms with E-state index in [0.29, 0.717) is 18.8 Å². The number of ether oxygens (including phenoxy) is 1. The van der Waals surface area contributed by atoms with E-state index in [1.54, 1.807) is 11.9 Å². The smallest absolute Gasteiger partial charge is 0.269 e. The van der Waals surface area contributed by atoms with E-state index in [9.17, 15) is 14.9 Å². The van der Waals surface area contributed by atoms with Crippen LogP contribution >= 0.6 is 0 Å². The van der Waals surface area contributed by atoms with Crippen LogP contribution in [-0.4, -0.2) is 44.2 Å². The summed E-state index contributed by atoms with van der Waals surface area (Å²) in [5, 5.41) is 10.8. The molecule has 0 radical (unpaired) electrons. The molecule has 0 spiro atoms. The van der Waals surface area contributed by atoms with Crippen molar-refractivity contribution in [2.75, 3.05) is 43.2 Å². The number of para-hydroxylation sites is 2. The van der Waals surface area contributed by atoms with Gasteiger partial charge in [-0.25, -0.2) is 0 Å². The zero-order valence-electron chi connectivity index (χ0n) is 13.9. The van der Waals surface area contributed by atoms with E-state index in [-0.39, 0.29) is 11.6 Å². The molecular weight excluding hydrogens is 322 g/mol. The van der Waals surface area contributed by atoms with E-state index < -0.39 is 4.92 Å². The Labute approximate surface area is 145 Å². The van der Waals surface area contributed by atoms with Crippen molar-refractivity contribution in [3.63, 3.8) is 0 Å². The molecule has 0 N–H and O–H groups in total. The molecule has 1 fully saturated rings. The summed E-state index contributed by atoms with van der Waals surface area (Å²) in [6.07, 6.45) is 0. The van der Waals surface area contributed by atoms with E-state index in [1.807, 2.05) is 24.3 Å². The minimum absolute atomic E-state index is 0.0343. The van der Waals surface area contributed by atoms with Crippen LogP contribution < -0.4 is 9.80 Å². The third kappa shape index (κ3) is 3.61. The van der Waals surface area contributed by atoms with Crippen molar-refractivity contribution in [3.8, 4) is 0 Å². The highest BCUT2D eigenvalue weighted by molar-refractivity contribution is 6.07. The topological polar surface area (TPSA) is 75.9 Å². The van der Waals surface area contributed by atoms with Gasteiger partial charge in [0.25, 0.3) is 11.6 Å². The molecule has 0 aromatic heterocycles. The van der Waals surface area contributed by atoms with Crippen LogP contribution in [0, 0.1) is 10.1 Å². The fourth-order valence-corrected chi connectivity index (χ4v) is 2.85. The summed E-state index contributed by atoms with van der Waals surface area (Å²) in [4.78, 5) is 26.8. The summed E-state index contributed by atoms with van der Waals surface area (Å²) in [6.45, 7) is 2.87. The van der Waals surface area contributed by atoms with Crippen molar-refractivity contribution in [2.45, 2.75) is 0 Å². The Balaban J connectivity index is 1.86. The van der Waals surface area contributed by atoms with Gasteiger partial charge in [0, 0.05) is 37.8 Å². The van der Waals surface area contributed by atoms with Crippen LogP contribution in [0.2, 0.25) is 0 Å². The summed E-state index contributed by atoms with van der Waals surface area (Å²) in [5.74, 6) is -0.212. The zero-order chi connectivity index (χ0) is 17.8. The van der Waals surface area contributed by atoms with E-state index in [0.717, 1.165) is 24.5 Å². The van der Waals surface area contributed by atoms with Gasteiger partial charge in [-0.2, -0.15) is 0 Å².